The molecule has 1 heterocycles. The highest BCUT2D eigenvalue weighted by molar-refractivity contribution is 5.93. The van der Waals surface area contributed by atoms with Crippen LogP contribution < -0.4 is 10.1 Å². The molecule has 188 valence electrons. The fourth-order valence-corrected chi connectivity index (χ4v) is 4.96. The summed E-state index contributed by atoms with van der Waals surface area (Å²) in [5, 5.41) is 15.1. The van der Waals surface area contributed by atoms with Crippen molar-refractivity contribution in [2.75, 3.05) is 13.2 Å². The first-order valence-corrected chi connectivity index (χ1v) is 12.2. The van der Waals surface area contributed by atoms with Gasteiger partial charge < -0.3 is 15.2 Å². The van der Waals surface area contributed by atoms with Gasteiger partial charge in [-0.15, -0.1) is 12.4 Å². The molecule has 0 bridgehead atoms. The SMILES string of the molecule is Cl.Oc1ccc2c(Cc3ccc(OCCC4CCCCN4)cc3)c(-c3c(F)cccc3F)ccc2c1. The molecule has 0 aliphatic carbocycles. The van der Waals surface area contributed by atoms with Crippen LogP contribution in [-0.4, -0.2) is 24.3 Å². The minimum absolute atomic E-state index is 0. The maximum atomic E-state index is 14.7. The molecule has 1 aliphatic rings. The van der Waals surface area contributed by atoms with Crippen LogP contribution in [0, 0.1) is 11.6 Å². The lowest BCUT2D eigenvalue weighted by molar-refractivity contribution is 0.268. The van der Waals surface area contributed by atoms with Gasteiger partial charge in [0.1, 0.15) is 23.1 Å². The van der Waals surface area contributed by atoms with E-state index in [2.05, 4.69) is 5.32 Å². The van der Waals surface area contributed by atoms with Gasteiger partial charge in [0.2, 0.25) is 0 Å². The number of halogens is 3. The number of nitrogens with one attached hydrogen (secondary N) is 1. The van der Waals surface area contributed by atoms with E-state index in [1.807, 2.05) is 24.3 Å². The van der Waals surface area contributed by atoms with E-state index >= 15 is 0 Å². The molecule has 0 aromatic heterocycles. The maximum absolute atomic E-state index is 14.7. The lowest BCUT2D eigenvalue weighted by Crippen LogP contribution is -2.35. The molecule has 1 aliphatic heterocycles. The van der Waals surface area contributed by atoms with Gasteiger partial charge in [-0.2, -0.15) is 0 Å². The molecule has 36 heavy (non-hydrogen) atoms. The standard InChI is InChI=1S/C30H29F2NO2.ClH/c31-28-5-3-6-29(32)30(28)26-13-9-21-19-23(34)10-14-25(21)27(26)18-20-7-11-24(12-8-20)35-17-15-22-4-1-2-16-33-22;/h3,5-14,19,22,33-34H,1-2,4,15-18H2;1H. The Morgan fingerprint density at radius 1 is 0.917 bits per heavy atom. The number of phenols is 1. The molecule has 6 heteroatoms. The normalized spacial score (nSPS) is 15.4. The summed E-state index contributed by atoms with van der Waals surface area (Å²) in [6, 6.07) is 20.9. The van der Waals surface area contributed by atoms with Crippen LogP contribution in [0.15, 0.2) is 72.8 Å². The lowest BCUT2D eigenvalue weighted by atomic mass is 9.89. The third-order valence-corrected chi connectivity index (χ3v) is 6.80. The molecular formula is C30H30ClF2NO2. The number of aromatic hydroxyl groups is 1. The van der Waals surface area contributed by atoms with Crippen LogP contribution in [-0.2, 0) is 6.42 Å². The number of phenolic OH excluding ortho intramolecular Hbond substituents is 1. The quantitative estimate of drug-likeness (QED) is 0.272. The second-order valence-electron chi connectivity index (χ2n) is 9.20. The van der Waals surface area contributed by atoms with Crippen LogP contribution in [0.5, 0.6) is 11.5 Å². The summed E-state index contributed by atoms with van der Waals surface area (Å²) in [6.45, 7) is 1.76. The molecule has 4 aromatic carbocycles. The molecule has 1 unspecified atom stereocenters. The molecule has 0 amide bonds. The molecule has 2 N–H and O–H groups in total. The third kappa shape index (κ3) is 5.80. The largest absolute Gasteiger partial charge is 0.508 e. The molecule has 0 saturated carbocycles. The molecule has 3 nitrogen and oxygen atoms in total. The minimum Gasteiger partial charge on any atom is -0.508 e. The smallest absolute Gasteiger partial charge is 0.133 e. The highest BCUT2D eigenvalue weighted by atomic mass is 35.5. The Morgan fingerprint density at radius 3 is 2.42 bits per heavy atom. The molecular weight excluding hydrogens is 480 g/mol. The van der Waals surface area contributed by atoms with Crippen LogP contribution in [0.3, 0.4) is 0 Å². The van der Waals surface area contributed by atoms with E-state index in [4.69, 9.17) is 4.74 Å². The minimum atomic E-state index is -0.597. The van der Waals surface area contributed by atoms with E-state index in [1.54, 1.807) is 30.3 Å². The monoisotopic (exact) mass is 509 g/mol. The summed E-state index contributed by atoms with van der Waals surface area (Å²) in [6.07, 6.45) is 5.20. The Hall–Kier alpha value is -3.15. The zero-order valence-electron chi connectivity index (χ0n) is 20.0. The first kappa shape index (κ1) is 25.9. The average Bonchev–Trinajstić information content (AvgIpc) is 2.86. The fraction of sp³-hybridized carbons (Fsp3) is 0.267. The molecule has 0 spiro atoms. The zero-order valence-corrected chi connectivity index (χ0v) is 20.8. The Bertz CT molecular complexity index is 1300. The summed E-state index contributed by atoms with van der Waals surface area (Å²) in [7, 11) is 0. The first-order chi connectivity index (χ1) is 17.1. The van der Waals surface area contributed by atoms with E-state index in [-0.39, 0.29) is 23.7 Å². The van der Waals surface area contributed by atoms with Crippen molar-refractivity contribution in [3.8, 4) is 22.6 Å². The predicted molar refractivity (Wildman–Crippen MR) is 143 cm³/mol. The summed E-state index contributed by atoms with van der Waals surface area (Å²) in [5.74, 6) is -0.230. The van der Waals surface area contributed by atoms with Gasteiger partial charge in [-0.05, 0) is 96.1 Å². The van der Waals surface area contributed by atoms with Gasteiger partial charge in [0.15, 0.2) is 0 Å². The molecule has 1 saturated heterocycles. The second kappa shape index (κ2) is 11.7. The lowest BCUT2D eigenvalue weighted by Gasteiger charge is -2.23. The Balaban J connectivity index is 0.00000304. The van der Waals surface area contributed by atoms with Crippen molar-refractivity contribution in [2.45, 2.75) is 38.1 Å². The van der Waals surface area contributed by atoms with Crippen molar-refractivity contribution in [2.24, 2.45) is 0 Å². The topological polar surface area (TPSA) is 41.5 Å². The highest BCUT2D eigenvalue weighted by Crippen LogP contribution is 2.36. The van der Waals surface area contributed by atoms with Crippen molar-refractivity contribution in [1.82, 2.24) is 5.32 Å². The second-order valence-corrected chi connectivity index (χ2v) is 9.20. The van der Waals surface area contributed by atoms with Gasteiger partial charge in [-0.1, -0.05) is 42.8 Å². The Morgan fingerprint density at radius 2 is 1.69 bits per heavy atom. The summed E-state index contributed by atoms with van der Waals surface area (Å²) >= 11 is 0. The van der Waals surface area contributed by atoms with E-state index < -0.39 is 11.6 Å². The van der Waals surface area contributed by atoms with Crippen molar-refractivity contribution >= 4 is 23.2 Å². The number of piperidine rings is 1. The predicted octanol–water partition coefficient (Wildman–Crippen LogP) is 7.41. The summed E-state index contributed by atoms with van der Waals surface area (Å²) < 4.78 is 35.4. The third-order valence-electron chi connectivity index (χ3n) is 6.80. The van der Waals surface area contributed by atoms with E-state index in [9.17, 15) is 13.9 Å². The van der Waals surface area contributed by atoms with Gasteiger partial charge in [0.25, 0.3) is 0 Å². The van der Waals surface area contributed by atoms with Crippen LogP contribution in [0.1, 0.15) is 36.8 Å². The fourth-order valence-electron chi connectivity index (χ4n) is 4.96. The zero-order chi connectivity index (χ0) is 24.2. The number of hydrogen-bond donors (Lipinski definition) is 2. The summed E-state index contributed by atoms with van der Waals surface area (Å²) in [5.41, 5.74) is 2.29. The number of rotatable bonds is 7. The average molecular weight is 510 g/mol. The van der Waals surface area contributed by atoms with Gasteiger partial charge in [-0.3, -0.25) is 0 Å². The highest BCUT2D eigenvalue weighted by Gasteiger charge is 2.18. The van der Waals surface area contributed by atoms with Crippen LogP contribution in [0.4, 0.5) is 8.78 Å². The maximum Gasteiger partial charge on any atom is 0.133 e. The Kier molecular flexibility index (Phi) is 8.44. The van der Waals surface area contributed by atoms with Crippen molar-refractivity contribution < 1.29 is 18.6 Å². The van der Waals surface area contributed by atoms with Gasteiger partial charge in [0.05, 0.1) is 12.2 Å². The molecule has 5 rings (SSSR count). The molecule has 0 radical (unpaired) electrons. The molecule has 1 atom stereocenters. The van der Waals surface area contributed by atoms with E-state index in [0.717, 1.165) is 40.6 Å². The number of ether oxygens (including phenoxy) is 1. The van der Waals surface area contributed by atoms with Gasteiger partial charge >= 0.3 is 0 Å². The van der Waals surface area contributed by atoms with Crippen molar-refractivity contribution in [1.29, 1.82) is 0 Å². The number of hydrogen-bond acceptors (Lipinski definition) is 3. The van der Waals surface area contributed by atoms with Crippen molar-refractivity contribution in [3.63, 3.8) is 0 Å². The van der Waals surface area contributed by atoms with E-state index in [0.29, 0.717) is 24.6 Å². The van der Waals surface area contributed by atoms with Crippen LogP contribution in [0.25, 0.3) is 21.9 Å². The van der Waals surface area contributed by atoms with Gasteiger partial charge in [-0.25, -0.2) is 8.78 Å². The summed E-state index contributed by atoms with van der Waals surface area (Å²) in [4.78, 5) is 0. The van der Waals surface area contributed by atoms with Crippen LogP contribution >= 0.6 is 12.4 Å². The number of fused-ring (bicyclic) bond motifs is 1. The van der Waals surface area contributed by atoms with E-state index in [1.165, 1.54) is 37.5 Å². The first-order valence-electron chi connectivity index (χ1n) is 12.2. The molecule has 4 aromatic rings. The number of benzene rings is 4. The molecule has 1 fully saturated rings. The van der Waals surface area contributed by atoms with Crippen LogP contribution in [0.2, 0.25) is 0 Å². The Labute approximate surface area is 216 Å². The van der Waals surface area contributed by atoms with Gasteiger partial charge in [0, 0.05) is 6.04 Å². The van der Waals surface area contributed by atoms with Crippen molar-refractivity contribution in [3.05, 3.63) is 95.6 Å².